The summed E-state index contributed by atoms with van der Waals surface area (Å²) in [6.07, 6.45) is 7.67. The van der Waals surface area contributed by atoms with Gasteiger partial charge in [0.2, 0.25) is 0 Å². The summed E-state index contributed by atoms with van der Waals surface area (Å²) in [6, 6.07) is 0. The number of esters is 2. The Labute approximate surface area is 102 Å². The Kier molecular flexibility index (Phi) is 3.46. The minimum absolute atomic E-state index is 0.213. The average Bonchev–Trinajstić information content (AvgIpc) is 2.54. The van der Waals surface area contributed by atoms with Gasteiger partial charge in [-0.25, -0.2) is 0 Å². The molecule has 0 bridgehead atoms. The molecule has 1 aliphatic heterocycles. The lowest BCUT2D eigenvalue weighted by atomic mass is 9.80. The first-order valence-electron chi connectivity index (χ1n) is 6.14. The molecule has 1 aliphatic carbocycles. The molecule has 2 rings (SSSR count). The van der Waals surface area contributed by atoms with Crippen molar-refractivity contribution >= 4 is 11.9 Å². The van der Waals surface area contributed by atoms with E-state index in [0.717, 1.165) is 12.8 Å². The highest BCUT2D eigenvalue weighted by atomic mass is 16.6. The van der Waals surface area contributed by atoms with Crippen LogP contribution < -0.4 is 0 Å². The van der Waals surface area contributed by atoms with E-state index < -0.39 is 0 Å². The molecule has 1 heterocycles. The third-order valence-electron chi connectivity index (χ3n) is 3.45. The highest BCUT2D eigenvalue weighted by molar-refractivity contribution is 5.96. The molecule has 1 fully saturated rings. The molecule has 0 aromatic rings. The molecular weight excluding hydrogens is 216 g/mol. The van der Waals surface area contributed by atoms with Gasteiger partial charge in [0, 0.05) is 0 Å². The molecule has 0 radical (unpaired) electrons. The van der Waals surface area contributed by atoms with Crippen LogP contribution in [0.5, 0.6) is 0 Å². The van der Waals surface area contributed by atoms with Crippen molar-refractivity contribution in [3.8, 4) is 0 Å². The van der Waals surface area contributed by atoms with E-state index in [-0.39, 0.29) is 23.8 Å². The van der Waals surface area contributed by atoms with Crippen molar-refractivity contribution in [1.82, 2.24) is 0 Å². The van der Waals surface area contributed by atoms with Gasteiger partial charge in [-0.1, -0.05) is 23.3 Å². The highest BCUT2D eigenvalue weighted by Crippen LogP contribution is 2.37. The van der Waals surface area contributed by atoms with E-state index in [2.05, 4.69) is 30.7 Å². The van der Waals surface area contributed by atoms with Crippen molar-refractivity contribution in [3.63, 3.8) is 0 Å². The van der Waals surface area contributed by atoms with Crippen LogP contribution in [0.4, 0.5) is 0 Å². The summed E-state index contributed by atoms with van der Waals surface area (Å²) in [4.78, 5) is 22.8. The summed E-state index contributed by atoms with van der Waals surface area (Å²) in [7, 11) is 0. The van der Waals surface area contributed by atoms with Crippen molar-refractivity contribution in [2.45, 2.75) is 39.5 Å². The van der Waals surface area contributed by atoms with Crippen molar-refractivity contribution < 1.29 is 14.3 Å². The zero-order chi connectivity index (χ0) is 12.4. The standard InChI is InChI=1S/C14H18O3/c1-9(2)4-3-5-10-6-7-11-12(8-10)14(16)17-13(11)15/h4,6,11-12H,3,5,7-8H2,1-2H3. The van der Waals surface area contributed by atoms with Gasteiger partial charge in [-0.15, -0.1) is 0 Å². The summed E-state index contributed by atoms with van der Waals surface area (Å²) in [6.45, 7) is 4.16. The molecule has 2 unspecified atom stereocenters. The Morgan fingerprint density at radius 2 is 2.06 bits per heavy atom. The van der Waals surface area contributed by atoms with Crippen LogP contribution >= 0.6 is 0 Å². The lowest BCUT2D eigenvalue weighted by Crippen LogP contribution is -2.21. The molecule has 17 heavy (non-hydrogen) atoms. The first kappa shape index (κ1) is 12.1. The van der Waals surface area contributed by atoms with Crippen LogP contribution in [0.25, 0.3) is 0 Å². The summed E-state index contributed by atoms with van der Waals surface area (Å²) < 4.78 is 4.68. The van der Waals surface area contributed by atoms with Crippen molar-refractivity contribution in [2.75, 3.05) is 0 Å². The van der Waals surface area contributed by atoms with E-state index in [1.54, 1.807) is 0 Å². The van der Waals surface area contributed by atoms with E-state index in [9.17, 15) is 9.59 Å². The Balaban J connectivity index is 1.95. The maximum atomic E-state index is 11.5. The number of hydrogen-bond acceptors (Lipinski definition) is 3. The van der Waals surface area contributed by atoms with E-state index in [1.807, 2.05) is 0 Å². The minimum Gasteiger partial charge on any atom is -0.393 e. The Morgan fingerprint density at radius 3 is 2.76 bits per heavy atom. The fourth-order valence-corrected chi connectivity index (χ4v) is 2.47. The maximum Gasteiger partial charge on any atom is 0.317 e. The van der Waals surface area contributed by atoms with Gasteiger partial charge >= 0.3 is 11.9 Å². The second-order valence-corrected chi connectivity index (χ2v) is 5.08. The number of hydrogen-bond donors (Lipinski definition) is 0. The zero-order valence-electron chi connectivity index (χ0n) is 10.4. The number of rotatable bonds is 3. The molecule has 92 valence electrons. The topological polar surface area (TPSA) is 43.4 Å². The predicted octanol–water partition coefficient (Wildman–Crippen LogP) is 2.77. The predicted molar refractivity (Wildman–Crippen MR) is 64.1 cm³/mol. The molecule has 3 nitrogen and oxygen atoms in total. The minimum atomic E-state index is -0.334. The fourth-order valence-electron chi connectivity index (χ4n) is 2.47. The molecule has 0 N–H and O–H groups in total. The maximum absolute atomic E-state index is 11.5. The smallest absolute Gasteiger partial charge is 0.317 e. The molecule has 0 aromatic heterocycles. The molecule has 0 saturated carbocycles. The van der Waals surface area contributed by atoms with E-state index in [4.69, 9.17) is 0 Å². The van der Waals surface area contributed by atoms with Crippen LogP contribution in [0.3, 0.4) is 0 Å². The van der Waals surface area contributed by atoms with Crippen LogP contribution in [-0.4, -0.2) is 11.9 Å². The van der Waals surface area contributed by atoms with Crippen LogP contribution in [0, 0.1) is 11.8 Å². The number of carbonyl (C=O) groups excluding carboxylic acids is 2. The lowest BCUT2D eigenvalue weighted by molar-refractivity contribution is -0.153. The average molecular weight is 234 g/mol. The van der Waals surface area contributed by atoms with Gasteiger partial charge < -0.3 is 4.74 Å². The van der Waals surface area contributed by atoms with Crippen LogP contribution in [0.1, 0.15) is 39.5 Å². The van der Waals surface area contributed by atoms with Gasteiger partial charge in [-0.3, -0.25) is 9.59 Å². The number of fused-ring (bicyclic) bond motifs is 1. The summed E-state index contributed by atoms with van der Waals surface area (Å²) in [5, 5.41) is 0. The fraction of sp³-hybridized carbons (Fsp3) is 0.571. The Bertz CT molecular complexity index is 400. The second-order valence-electron chi connectivity index (χ2n) is 5.08. The molecule has 0 amide bonds. The van der Waals surface area contributed by atoms with Crippen LogP contribution in [-0.2, 0) is 14.3 Å². The van der Waals surface area contributed by atoms with Crippen molar-refractivity contribution in [2.24, 2.45) is 11.8 Å². The van der Waals surface area contributed by atoms with Gasteiger partial charge in [-0.05, 0) is 39.5 Å². The Morgan fingerprint density at radius 1 is 1.35 bits per heavy atom. The molecule has 0 aromatic carbocycles. The van der Waals surface area contributed by atoms with Crippen LogP contribution in [0.2, 0.25) is 0 Å². The van der Waals surface area contributed by atoms with E-state index in [1.165, 1.54) is 11.1 Å². The van der Waals surface area contributed by atoms with Gasteiger partial charge in [0.25, 0.3) is 0 Å². The molecule has 1 saturated heterocycles. The summed E-state index contributed by atoms with van der Waals surface area (Å²) >= 11 is 0. The quantitative estimate of drug-likeness (QED) is 0.428. The molecular formula is C14H18O3. The van der Waals surface area contributed by atoms with Crippen LogP contribution in [0.15, 0.2) is 23.3 Å². The molecule has 2 atom stereocenters. The van der Waals surface area contributed by atoms with Gasteiger partial charge in [-0.2, -0.15) is 0 Å². The lowest BCUT2D eigenvalue weighted by Gasteiger charge is -2.20. The molecule has 0 spiro atoms. The van der Waals surface area contributed by atoms with Crippen molar-refractivity contribution in [3.05, 3.63) is 23.3 Å². The second kappa shape index (κ2) is 4.86. The van der Waals surface area contributed by atoms with E-state index >= 15 is 0 Å². The molecule has 3 heteroatoms. The molecule has 2 aliphatic rings. The highest BCUT2D eigenvalue weighted by Gasteiger charge is 2.45. The largest absolute Gasteiger partial charge is 0.393 e. The number of carbonyl (C=O) groups is 2. The third kappa shape index (κ3) is 2.65. The Hall–Kier alpha value is -1.38. The van der Waals surface area contributed by atoms with Gasteiger partial charge in [0.05, 0.1) is 11.8 Å². The van der Waals surface area contributed by atoms with Gasteiger partial charge in [0.1, 0.15) is 0 Å². The van der Waals surface area contributed by atoms with Gasteiger partial charge in [0.15, 0.2) is 0 Å². The third-order valence-corrected chi connectivity index (χ3v) is 3.45. The van der Waals surface area contributed by atoms with E-state index in [0.29, 0.717) is 12.8 Å². The number of ether oxygens (including phenoxy) is 1. The number of cyclic esters (lactones) is 2. The van der Waals surface area contributed by atoms with Crippen molar-refractivity contribution in [1.29, 1.82) is 0 Å². The SMILES string of the molecule is CC(C)=CCCC1=CCC2C(=O)OC(=O)C2C1. The first-order chi connectivity index (χ1) is 8.08. The summed E-state index contributed by atoms with van der Waals surface area (Å²) in [5.41, 5.74) is 2.60. The summed E-state index contributed by atoms with van der Waals surface area (Å²) in [5.74, 6) is -1.09. The first-order valence-corrected chi connectivity index (χ1v) is 6.14. The number of allylic oxidation sites excluding steroid dienone is 4. The zero-order valence-corrected chi connectivity index (χ0v) is 10.4. The monoisotopic (exact) mass is 234 g/mol. The normalized spacial score (nSPS) is 27.3.